The zero-order chi connectivity index (χ0) is 15.8. The summed E-state index contributed by atoms with van der Waals surface area (Å²) in [6, 6.07) is 0. The van der Waals surface area contributed by atoms with Gasteiger partial charge in [0.15, 0.2) is 0 Å². The third-order valence-electron chi connectivity index (χ3n) is 3.55. The van der Waals surface area contributed by atoms with Gasteiger partial charge < -0.3 is 9.84 Å². The van der Waals surface area contributed by atoms with Crippen LogP contribution in [0.5, 0.6) is 0 Å². The van der Waals surface area contributed by atoms with Crippen molar-refractivity contribution >= 4 is 11.9 Å². The smallest absolute Gasteiger partial charge is 0.306 e. The molecule has 0 unspecified atom stereocenters. The predicted molar refractivity (Wildman–Crippen MR) is 84.3 cm³/mol. The molecule has 0 saturated carbocycles. The van der Waals surface area contributed by atoms with Crippen molar-refractivity contribution in [2.75, 3.05) is 6.61 Å². The van der Waals surface area contributed by atoms with E-state index in [0.29, 0.717) is 6.61 Å². The minimum absolute atomic E-state index is 0.0205. The van der Waals surface area contributed by atoms with Gasteiger partial charge in [0, 0.05) is 0 Å². The maximum atomic E-state index is 11.1. The van der Waals surface area contributed by atoms with Crippen LogP contribution >= 0.6 is 0 Å². The normalized spacial score (nSPS) is 10.5. The molecule has 0 saturated heterocycles. The summed E-state index contributed by atoms with van der Waals surface area (Å²) >= 11 is 0. The van der Waals surface area contributed by atoms with Crippen LogP contribution in [0, 0.1) is 0 Å². The number of unbranched alkanes of at least 4 members (excludes halogenated alkanes) is 10. The Hall–Kier alpha value is -1.06. The lowest BCUT2D eigenvalue weighted by atomic mass is 10.1. The van der Waals surface area contributed by atoms with E-state index in [1.807, 2.05) is 0 Å². The number of carbonyl (C=O) groups is 2. The Kier molecular flexibility index (Phi) is 14.6. The van der Waals surface area contributed by atoms with Crippen molar-refractivity contribution in [1.82, 2.24) is 0 Å². The molecule has 0 spiro atoms. The highest BCUT2D eigenvalue weighted by Gasteiger charge is 2.05. The Balaban J connectivity index is 3.12. The molecule has 0 aliphatic rings. The summed E-state index contributed by atoms with van der Waals surface area (Å²) in [5, 5.41) is 8.43. The Morgan fingerprint density at radius 3 is 1.71 bits per heavy atom. The average Bonchev–Trinajstić information content (AvgIpc) is 2.46. The number of carbonyl (C=O) groups excluding carboxylic acids is 1. The molecule has 124 valence electrons. The maximum absolute atomic E-state index is 11.1. The first-order valence-corrected chi connectivity index (χ1v) is 8.54. The third-order valence-corrected chi connectivity index (χ3v) is 3.55. The fourth-order valence-corrected chi connectivity index (χ4v) is 2.23. The standard InChI is InChI=1S/C17H32O4/c1-2-3-4-5-6-7-8-9-10-11-12-15-21-17(20)14-13-16(18)19/h2-15H2,1H3,(H,18,19). The van der Waals surface area contributed by atoms with Gasteiger partial charge in [-0.05, 0) is 6.42 Å². The molecule has 21 heavy (non-hydrogen) atoms. The Morgan fingerprint density at radius 1 is 0.762 bits per heavy atom. The zero-order valence-corrected chi connectivity index (χ0v) is 13.6. The molecule has 0 aliphatic carbocycles. The van der Waals surface area contributed by atoms with Crippen LogP contribution in [-0.4, -0.2) is 23.7 Å². The molecule has 4 nitrogen and oxygen atoms in total. The van der Waals surface area contributed by atoms with E-state index in [1.165, 1.54) is 57.8 Å². The zero-order valence-electron chi connectivity index (χ0n) is 13.6. The highest BCUT2D eigenvalue weighted by molar-refractivity contribution is 5.76. The van der Waals surface area contributed by atoms with E-state index in [2.05, 4.69) is 6.92 Å². The minimum Gasteiger partial charge on any atom is -0.481 e. The molecule has 4 heteroatoms. The summed E-state index contributed by atoms with van der Waals surface area (Å²) in [4.78, 5) is 21.4. The monoisotopic (exact) mass is 300 g/mol. The first kappa shape index (κ1) is 19.9. The molecule has 0 amide bonds. The Morgan fingerprint density at radius 2 is 1.24 bits per heavy atom. The van der Waals surface area contributed by atoms with E-state index in [-0.39, 0.29) is 12.8 Å². The lowest BCUT2D eigenvalue weighted by Gasteiger charge is -2.04. The van der Waals surface area contributed by atoms with Gasteiger partial charge >= 0.3 is 11.9 Å². The summed E-state index contributed by atoms with van der Waals surface area (Å²) in [6.07, 6.45) is 13.7. The highest BCUT2D eigenvalue weighted by Crippen LogP contribution is 2.11. The van der Waals surface area contributed by atoms with Crippen molar-refractivity contribution in [3.05, 3.63) is 0 Å². The van der Waals surface area contributed by atoms with E-state index < -0.39 is 11.9 Å². The van der Waals surface area contributed by atoms with Crippen LogP contribution in [-0.2, 0) is 14.3 Å². The van der Waals surface area contributed by atoms with E-state index in [9.17, 15) is 9.59 Å². The molecular formula is C17H32O4. The Labute approximate surface area is 129 Å². The van der Waals surface area contributed by atoms with Crippen molar-refractivity contribution in [2.24, 2.45) is 0 Å². The molecule has 0 fully saturated rings. The first-order valence-electron chi connectivity index (χ1n) is 8.54. The summed E-state index contributed by atoms with van der Waals surface area (Å²) in [5.41, 5.74) is 0. The van der Waals surface area contributed by atoms with Crippen LogP contribution < -0.4 is 0 Å². The van der Waals surface area contributed by atoms with Crippen LogP contribution in [0.4, 0.5) is 0 Å². The van der Waals surface area contributed by atoms with Crippen LogP contribution in [0.1, 0.15) is 90.4 Å². The molecule has 0 heterocycles. The van der Waals surface area contributed by atoms with Crippen molar-refractivity contribution in [3.63, 3.8) is 0 Å². The van der Waals surface area contributed by atoms with Crippen molar-refractivity contribution < 1.29 is 19.4 Å². The number of aliphatic carboxylic acids is 1. The van der Waals surface area contributed by atoms with Crippen molar-refractivity contribution in [3.8, 4) is 0 Å². The van der Waals surface area contributed by atoms with Gasteiger partial charge in [-0.1, -0.05) is 71.1 Å². The SMILES string of the molecule is CCCCCCCCCCCCCOC(=O)CCC(=O)O. The van der Waals surface area contributed by atoms with Crippen molar-refractivity contribution in [1.29, 1.82) is 0 Å². The number of ether oxygens (including phenoxy) is 1. The van der Waals surface area contributed by atoms with Crippen molar-refractivity contribution in [2.45, 2.75) is 90.4 Å². The number of carboxylic acid groups (broad SMARTS) is 1. The van der Waals surface area contributed by atoms with Crippen LogP contribution in [0.2, 0.25) is 0 Å². The van der Waals surface area contributed by atoms with E-state index in [4.69, 9.17) is 9.84 Å². The van der Waals surface area contributed by atoms with Crippen LogP contribution in [0.25, 0.3) is 0 Å². The van der Waals surface area contributed by atoms with Gasteiger partial charge in [0.2, 0.25) is 0 Å². The van der Waals surface area contributed by atoms with Gasteiger partial charge in [-0.15, -0.1) is 0 Å². The van der Waals surface area contributed by atoms with E-state index in [0.717, 1.165) is 12.8 Å². The third kappa shape index (κ3) is 16.9. The average molecular weight is 300 g/mol. The summed E-state index contributed by atoms with van der Waals surface area (Å²) in [6.45, 7) is 2.67. The number of hydrogen-bond acceptors (Lipinski definition) is 3. The molecule has 0 aromatic rings. The molecule has 0 radical (unpaired) electrons. The van der Waals surface area contributed by atoms with Gasteiger partial charge in [-0.2, -0.15) is 0 Å². The molecule has 0 aliphatic heterocycles. The second-order valence-corrected chi connectivity index (χ2v) is 5.65. The quantitative estimate of drug-likeness (QED) is 0.351. The molecule has 0 aromatic heterocycles. The van der Waals surface area contributed by atoms with E-state index >= 15 is 0 Å². The van der Waals surface area contributed by atoms with Gasteiger partial charge in [0.1, 0.15) is 0 Å². The van der Waals surface area contributed by atoms with Gasteiger partial charge in [-0.25, -0.2) is 0 Å². The Bertz CT molecular complexity index is 264. The van der Waals surface area contributed by atoms with Crippen LogP contribution in [0.15, 0.2) is 0 Å². The molecular weight excluding hydrogens is 268 g/mol. The largest absolute Gasteiger partial charge is 0.481 e. The van der Waals surface area contributed by atoms with Gasteiger partial charge in [0.25, 0.3) is 0 Å². The van der Waals surface area contributed by atoms with E-state index in [1.54, 1.807) is 0 Å². The predicted octanol–water partition coefficient (Wildman–Crippen LogP) is 4.71. The topological polar surface area (TPSA) is 63.6 Å². The second-order valence-electron chi connectivity index (χ2n) is 5.65. The number of rotatable bonds is 15. The number of hydrogen-bond donors (Lipinski definition) is 1. The number of carboxylic acids is 1. The molecule has 0 aromatic carbocycles. The molecule has 0 atom stereocenters. The second kappa shape index (κ2) is 15.3. The highest BCUT2D eigenvalue weighted by atomic mass is 16.5. The fraction of sp³-hybridized carbons (Fsp3) is 0.882. The lowest BCUT2D eigenvalue weighted by Crippen LogP contribution is -2.08. The van der Waals surface area contributed by atoms with Crippen LogP contribution in [0.3, 0.4) is 0 Å². The summed E-state index contributed by atoms with van der Waals surface area (Å²) in [7, 11) is 0. The molecule has 0 rings (SSSR count). The first-order chi connectivity index (χ1) is 10.2. The molecule has 1 N–H and O–H groups in total. The number of esters is 1. The maximum Gasteiger partial charge on any atom is 0.306 e. The van der Waals surface area contributed by atoms with Gasteiger partial charge in [-0.3, -0.25) is 9.59 Å². The summed E-state index contributed by atoms with van der Waals surface area (Å²) in [5.74, 6) is -1.36. The fourth-order valence-electron chi connectivity index (χ4n) is 2.23. The summed E-state index contributed by atoms with van der Waals surface area (Å²) < 4.78 is 4.97. The minimum atomic E-state index is -0.957. The lowest BCUT2D eigenvalue weighted by molar-refractivity contribution is -0.147. The van der Waals surface area contributed by atoms with Gasteiger partial charge in [0.05, 0.1) is 19.4 Å². The molecule has 0 bridgehead atoms.